The number of hydrogen-bond acceptors (Lipinski definition) is 4. The number of rotatable bonds is 3. The Balaban J connectivity index is 1.68. The fourth-order valence-electron chi connectivity index (χ4n) is 2.48. The molecule has 2 aromatic heterocycles. The summed E-state index contributed by atoms with van der Waals surface area (Å²) in [5, 5.41) is 1.04. The number of carbonyl (C=O) groups excluding carboxylic acids is 1. The van der Waals surface area contributed by atoms with Crippen molar-refractivity contribution >= 4 is 17.2 Å². The van der Waals surface area contributed by atoms with Gasteiger partial charge in [-0.3, -0.25) is 9.78 Å². The van der Waals surface area contributed by atoms with Crippen molar-refractivity contribution in [3.63, 3.8) is 0 Å². The van der Waals surface area contributed by atoms with E-state index in [1.165, 1.54) is 16.9 Å². The standard InChI is InChI=1S/C16H19N3OS/c1-10(2)15-18-11(3)14(21-15)16(20)19-8-13(9-19)12-5-4-6-17-7-12/h4-7,10,13H,8-9H2,1-3H3. The molecule has 0 radical (unpaired) electrons. The van der Waals surface area contributed by atoms with Crippen molar-refractivity contribution in [3.05, 3.63) is 45.7 Å². The van der Waals surface area contributed by atoms with Crippen molar-refractivity contribution in [1.29, 1.82) is 0 Å². The predicted octanol–water partition coefficient (Wildman–Crippen LogP) is 3.21. The van der Waals surface area contributed by atoms with Gasteiger partial charge < -0.3 is 4.90 Å². The van der Waals surface area contributed by atoms with Crippen molar-refractivity contribution in [2.75, 3.05) is 13.1 Å². The molecule has 0 N–H and O–H groups in total. The smallest absolute Gasteiger partial charge is 0.265 e. The van der Waals surface area contributed by atoms with Gasteiger partial charge in [-0.05, 0) is 18.6 Å². The SMILES string of the molecule is Cc1nc(C(C)C)sc1C(=O)N1CC(c2cccnc2)C1. The van der Waals surface area contributed by atoms with Crippen LogP contribution in [0, 0.1) is 6.92 Å². The summed E-state index contributed by atoms with van der Waals surface area (Å²) in [5.41, 5.74) is 2.07. The summed E-state index contributed by atoms with van der Waals surface area (Å²) in [5.74, 6) is 0.910. The zero-order valence-corrected chi connectivity index (χ0v) is 13.4. The average molecular weight is 301 g/mol. The van der Waals surface area contributed by atoms with Gasteiger partial charge in [-0.1, -0.05) is 19.9 Å². The van der Waals surface area contributed by atoms with E-state index in [0.717, 1.165) is 28.7 Å². The van der Waals surface area contributed by atoms with Gasteiger partial charge in [0.15, 0.2) is 0 Å². The van der Waals surface area contributed by atoms with E-state index in [-0.39, 0.29) is 5.91 Å². The lowest BCUT2D eigenvalue weighted by Crippen LogP contribution is -2.48. The Bertz CT molecular complexity index is 645. The highest BCUT2D eigenvalue weighted by Crippen LogP contribution is 2.31. The number of nitrogens with zero attached hydrogens (tertiary/aromatic N) is 3. The van der Waals surface area contributed by atoms with Gasteiger partial charge in [-0.25, -0.2) is 4.98 Å². The van der Waals surface area contributed by atoms with Crippen LogP contribution in [0.25, 0.3) is 0 Å². The maximum atomic E-state index is 12.5. The monoisotopic (exact) mass is 301 g/mol. The van der Waals surface area contributed by atoms with Gasteiger partial charge in [0.25, 0.3) is 5.91 Å². The second kappa shape index (κ2) is 5.56. The Labute approximate surface area is 128 Å². The van der Waals surface area contributed by atoms with Crippen molar-refractivity contribution in [3.8, 4) is 0 Å². The quantitative estimate of drug-likeness (QED) is 0.874. The molecule has 1 amide bonds. The normalized spacial score (nSPS) is 15.3. The Morgan fingerprint density at radius 2 is 2.19 bits per heavy atom. The summed E-state index contributed by atoms with van der Waals surface area (Å²) in [7, 11) is 0. The first-order valence-electron chi connectivity index (χ1n) is 7.22. The predicted molar refractivity (Wildman–Crippen MR) is 83.8 cm³/mol. The van der Waals surface area contributed by atoms with Crippen LogP contribution in [0.4, 0.5) is 0 Å². The van der Waals surface area contributed by atoms with Gasteiger partial charge >= 0.3 is 0 Å². The number of hydrogen-bond donors (Lipinski definition) is 0. The van der Waals surface area contributed by atoms with Crippen molar-refractivity contribution in [2.24, 2.45) is 0 Å². The lowest BCUT2D eigenvalue weighted by atomic mass is 9.92. The molecule has 4 nitrogen and oxygen atoms in total. The van der Waals surface area contributed by atoms with Gasteiger partial charge in [0.05, 0.1) is 10.7 Å². The molecule has 1 saturated heterocycles. The Morgan fingerprint density at radius 1 is 1.43 bits per heavy atom. The molecule has 0 bridgehead atoms. The van der Waals surface area contributed by atoms with Crippen LogP contribution in [0.15, 0.2) is 24.5 Å². The van der Waals surface area contributed by atoms with Crippen LogP contribution in [-0.4, -0.2) is 33.9 Å². The first-order valence-corrected chi connectivity index (χ1v) is 8.04. The minimum atomic E-state index is 0.122. The molecule has 0 atom stereocenters. The van der Waals surface area contributed by atoms with E-state index in [9.17, 15) is 4.79 Å². The van der Waals surface area contributed by atoms with Crippen LogP contribution < -0.4 is 0 Å². The molecule has 1 aliphatic rings. The molecule has 110 valence electrons. The molecule has 5 heteroatoms. The van der Waals surface area contributed by atoms with Gasteiger partial charge in [0.1, 0.15) is 4.88 Å². The second-order valence-corrected chi connectivity index (χ2v) is 6.85. The minimum Gasteiger partial charge on any atom is -0.337 e. The third-order valence-corrected chi connectivity index (χ3v) is 5.27. The summed E-state index contributed by atoms with van der Waals surface area (Å²) in [6.07, 6.45) is 3.67. The maximum absolute atomic E-state index is 12.5. The largest absolute Gasteiger partial charge is 0.337 e. The van der Waals surface area contributed by atoms with Gasteiger partial charge in [0.2, 0.25) is 0 Å². The summed E-state index contributed by atoms with van der Waals surface area (Å²) >= 11 is 1.54. The van der Waals surface area contributed by atoms with E-state index in [1.807, 2.05) is 24.1 Å². The van der Waals surface area contributed by atoms with Crippen molar-refractivity contribution in [1.82, 2.24) is 14.9 Å². The van der Waals surface area contributed by atoms with E-state index in [4.69, 9.17) is 0 Å². The number of thiazole rings is 1. The molecule has 1 fully saturated rings. The minimum absolute atomic E-state index is 0.122. The Morgan fingerprint density at radius 3 is 2.76 bits per heavy atom. The highest BCUT2D eigenvalue weighted by molar-refractivity contribution is 7.13. The van der Waals surface area contributed by atoms with Crippen molar-refractivity contribution < 1.29 is 4.79 Å². The molecule has 0 aliphatic carbocycles. The number of amides is 1. The number of aromatic nitrogens is 2. The molecule has 3 rings (SSSR count). The topological polar surface area (TPSA) is 46.1 Å². The maximum Gasteiger partial charge on any atom is 0.265 e. The lowest BCUT2D eigenvalue weighted by Gasteiger charge is -2.39. The first-order chi connectivity index (χ1) is 10.1. The third-order valence-electron chi connectivity index (χ3n) is 3.83. The molecular formula is C16H19N3OS. The summed E-state index contributed by atoms with van der Waals surface area (Å²) in [6, 6.07) is 4.02. The number of likely N-dealkylation sites (tertiary alicyclic amines) is 1. The van der Waals surface area contributed by atoms with E-state index >= 15 is 0 Å². The Kier molecular flexibility index (Phi) is 3.76. The second-order valence-electron chi connectivity index (χ2n) is 5.81. The summed E-state index contributed by atoms with van der Waals surface area (Å²) in [6.45, 7) is 7.69. The molecule has 1 aliphatic heterocycles. The highest BCUT2D eigenvalue weighted by Gasteiger charge is 2.34. The molecule has 21 heavy (non-hydrogen) atoms. The van der Waals surface area contributed by atoms with Gasteiger partial charge in [0, 0.05) is 37.3 Å². The zero-order chi connectivity index (χ0) is 15.0. The Hall–Kier alpha value is -1.75. The summed E-state index contributed by atoms with van der Waals surface area (Å²) in [4.78, 5) is 23.9. The van der Waals surface area contributed by atoms with Crippen molar-refractivity contribution in [2.45, 2.75) is 32.6 Å². The van der Waals surface area contributed by atoms with Crippen LogP contribution >= 0.6 is 11.3 Å². The molecule has 0 saturated carbocycles. The van der Waals surface area contributed by atoms with Crippen LogP contribution in [0.3, 0.4) is 0 Å². The third kappa shape index (κ3) is 2.70. The van der Waals surface area contributed by atoms with Crippen LogP contribution in [0.5, 0.6) is 0 Å². The fraction of sp³-hybridized carbons (Fsp3) is 0.438. The number of aryl methyl sites for hydroxylation is 1. The van der Waals surface area contributed by atoms with Gasteiger partial charge in [-0.2, -0.15) is 0 Å². The van der Waals surface area contributed by atoms with Crippen LogP contribution in [0.2, 0.25) is 0 Å². The fourth-order valence-corrected chi connectivity index (χ4v) is 3.52. The molecule has 0 unspecified atom stereocenters. The van der Waals surface area contributed by atoms with Gasteiger partial charge in [-0.15, -0.1) is 11.3 Å². The lowest BCUT2D eigenvalue weighted by molar-refractivity contribution is 0.0606. The summed E-state index contributed by atoms with van der Waals surface area (Å²) < 4.78 is 0. The first kappa shape index (κ1) is 14.2. The average Bonchev–Trinajstić information content (AvgIpc) is 2.80. The van der Waals surface area contributed by atoms with Crippen LogP contribution in [-0.2, 0) is 0 Å². The van der Waals surface area contributed by atoms with E-state index in [2.05, 4.69) is 29.9 Å². The molecule has 0 aromatic carbocycles. The van der Waals surface area contributed by atoms with E-state index < -0.39 is 0 Å². The highest BCUT2D eigenvalue weighted by atomic mass is 32.1. The van der Waals surface area contributed by atoms with E-state index in [1.54, 1.807) is 6.20 Å². The molecule has 0 spiro atoms. The molecular weight excluding hydrogens is 282 g/mol. The molecule has 2 aromatic rings. The number of pyridine rings is 1. The number of carbonyl (C=O) groups is 1. The van der Waals surface area contributed by atoms with Crippen LogP contribution in [0.1, 0.15) is 51.6 Å². The zero-order valence-electron chi connectivity index (χ0n) is 12.5. The molecule has 3 heterocycles. The van der Waals surface area contributed by atoms with E-state index in [0.29, 0.717) is 11.8 Å².